The Balaban J connectivity index is 2.06. The van der Waals surface area contributed by atoms with E-state index >= 15 is 0 Å². The van der Waals surface area contributed by atoms with E-state index in [1.165, 1.54) is 0 Å². The van der Waals surface area contributed by atoms with Gasteiger partial charge < -0.3 is 15.2 Å². The third-order valence-electron chi connectivity index (χ3n) is 3.20. The maximum absolute atomic E-state index is 6.21. The van der Waals surface area contributed by atoms with E-state index < -0.39 is 0 Å². The molecule has 0 unspecified atom stereocenters. The van der Waals surface area contributed by atoms with Crippen LogP contribution in [0.1, 0.15) is 0 Å². The van der Waals surface area contributed by atoms with Crippen LogP contribution in [0.2, 0.25) is 5.02 Å². The predicted octanol–water partition coefficient (Wildman–Crippen LogP) is 4.88. The third kappa shape index (κ3) is 2.73. The third-order valence-corrected chi connectivity index (χ3v) is 3.53. The van der Waals surface area contributed by atoms with Crippen LogP contribution in [-0.2, 0) is 0 Å². The number of ether oxygens (including phenoxy) is 2. The maximum Gasteiger partial charge on any atom is 0.135 e. The molecule has 3 aromatic carbocycles. The first-order valence-electron chi connectivity index (χ1n) is 6.47. The summed E-state index contributed by atoms with van der Waals surface area (Å²) >= 11 is 6.21. The fraction of sp³-hybridized carbons (Fsp3) is 0.0588. The van der Waals surface area contributed by atoms with Crippen LogP contribution in [0.5, 0.6) is 17.2 Å². The van der Waals surface area contributed by atoms with Crippen LogP contribution in [0.3, 0.4) is 0 Å². The highest BCUT2D eigenvalue weighted by Gasteiger charge is 2.07. The first kappa shape index (κ1) is 13.6. The van der Waals surface area contributed by atoms with Gasteiger partial charge in [-0.25, -0.2) is 0 Å². The molecule has 3 rings (SSSR count). The highest BCUT2D eigenvalue weighted by Crippen LogP contribution is 2.35. The highest BCUT2D eigenvalue weighted by atomic mass is 35.5. The second-order valence-electron chi connectivity index (χ2n) is 4.64. The molecular weight excluding hydrogens is 286 g/mol. The lowest BCUT2D eigenvalue weighted by Gasteiger charge is -2.11. The largest absolute Gasteiger partial charge is 0.497 e. The van der Waals surface area contributed by atoms with E-state index in [4.69, 9.17) is 26.8 Å². The average Bonchev–Trinajstić information content (AvgIpc) is 2.50. The van der Waals surface area contributed by atoms with Crippen LogP contribution in [0.25, 0.3) is 10.8 Å². The monoisotopic (exact) mass is 299 g/mol. The number of halogens is 1. The zero-order valence-electron chi connectivity index (χ0n) is 11.5. The van der Waals surface area contributed by atoms with Crippen molar-refractivity contribution in [2.45, 2.75) is 0 Å². The Morgan fingerprint density at radius 3 is 2.38 bits per heavy atom. The molecule has 0 aromatic heterocycles. The van der Waals surface area contributed by atoms with Gasteiger partial charge in [0.05, 0.1) is 7.11 Å². The molecule has 0 heterocycles. The fourth-order valence-corrected chi connectivity index (χ4v) is 2.45. The maximum atomic E-state index is 6.21. The molecule has 0 spiro atoms. The topological polar surface area (TPSA) is 44.5 Å². The Bertz CT molecular complexity index is 802. The SMILES string of the molecule is COc1cc(N)cc(Oc2ccc(Cl)c3ccccc23)c1. The van der Waals surface area contributed by atoms with Crippen LogP contribution in [0.4, 0.5) is 5.69 Å². The zero-order valence-corrected chi connectivity index (χ0v) is 12.2. The van der Waals surface area contributed by atoms with Crippen molar-refractivity contribution >= 4 is 28.1 Å². The van der Waals surface area contributed by atoms with Crippen LogP contribution in [0.15, 0.2) is 54.6 Å². The number of benzene rings is 3. The molecule has 0 fully saturated rings. The number of nitrogen functional groups attached to an aromatic ring is 1. The van der Waals surface area contributed by atoms with E-state index in [0.29, 0.717) is 22.2 Å². The number of nitrogens with two attached hydrogens (primary N) is 1. The average molecular weight is 300 g/mol. The second kappa shape index (κ2) is 5.54. The van der Waals surface area contributed by atoms with Crippen LogP contribution >= 0.6 is 11.6 Å². The van der Waals surface area contributed by atoms with Crippen molar-refractivity contribution in [1.29, 1.82) is 0 Å². The summed E-state index contributed by atoms with van der Waals surface area (Å²) in [6.45, 7) is 0. The van der Waals surface area contributed by atoms with Gasteiger partial charge in [0.2, 0.25) is 0 Å². The van der Waals surface area contributed by atoms with E-state index in [-0.39, 0.29) is 0 Å². The quantitative estimate of drug-likeness (QED) is 0.701. The summed E-state index contributed by atoms with van der Waals surface area (Å²) in [5.74, 6) is 2.00. The molecular formula is C17H14ClNO2. The van der Waals surface area contributed by atoms with Gasteiger partial charge in [0.15, 0.2) is 0 Å². The number of hydrogen-bond donors (Lipinski definition) is 1. The standard InChI is InChI=1S/C17H14ClNO2/c1-20-12-8-11(19)9-13(10-12)21-17-7-6-16(18)14-4-2-3-5-15(14)17/h2-10H,19H2,1H3. The zero-order chi connectivity index (χ0) is 14.8. The first-order chi connectivity index (χ1) is 10.2. The minimum atomic E-state index is 0.586. The summed E-state index contributed by atoms with van der Waals surface area (Å²) in [4.78, 5) is 0. The molecule has 0 saturated heterocycles. The van der Waals surface area contributed by atoms with E-state index in [2.05, 4.69) is 0 Å². The van der Waals surface area contributed by atoms with E-state index in [1.54, 1.807) is 25.3 Å². The van der Waals surface area contributed by atoms with Gasteiger partial charge in [-0.3, -0.25) is 0 Å². The number of anilines is 1. The molecule has 0 saturated carbocycles. The summed E-state index contributed by atoms with van der Waals surface area (Å²) in [7, 11) is 1.59. The van der Waals surface area contributed by atoms with Gasteiger partial charge >= 0.3 is 0 Å². The molecule has 0 atom stereocenters. The van der Waals surface area contributed by atoms with E-state index in [9.17, 15) is 0 Å². The van der Waals surface area contributed by atoms with Crippen molar-refractivity contribution in [1.82, 2.24) is 0 Å². The summed E-state index contributed by atoms with van der Waals surface area (Å²) in [6.07, 6.45) is 0. The Kier molecular flexibility index (Phi) is 3.59. The molecule has 21 heavy (non-hydrogen) atoms. The summed E-state index contributed by atoms with van der Waals surface area (Å²) in [5.41, 5.74) is 6.43. The van der Waals surface area contributed by atoms with Crippen molar-refractivity contribution in [2.24, 2.45) is 0 Å². The lowest BCUT2D eigenvalue weighted by molar-refractivity contribution is 0.410. The van der Waals surface area contributed by atoms with Crippen molar-refractivity contribution in [3.05, 3.63) is 59.6 Å². The van der Waals surface area contributed by atoms with Crippen molar-refractivity contribution < 1.29 is 9.47 Å². The molecule has 0 aliphatic rings. The Hall–Kier alpha value is -2.39. The summed E-state index contributed by atoms with van der Waals surface area (Å²) < 4.78 is 11.2. The Morgan fingerprint density at radius 1 is 0.905 bits per heavy atom. The molecule has 0 bridgehead atoms. The van der Waals surface area contributed by atoms with Gasteiger partial charge in [0, 0.05) is 39.7 Å². The number of fused-ring (bicyclic) bond motifs is 1. The predicted molar refractivity (Wildman–Crippen MR) is 86.4 cm³/mol. The lowest BCUT2D eigenvalue weighted by Crippen LogP contribution is -1.92. The second-order valence-corrected chi connectivity index (χ2v) is 5.04. The Labute approximate surface area is 127 Å². The fourth-order valence-electron chi connectivity index (χ4n) is 2.22. The van der Waals surface area contributed by atoms with Crippen LogP contribution in [0, 0.1) is 0 Å². The molecule has 0 radical (unpaired) electrons. The van der Waals surface area contributed by atoms with Gasteiger partial charge in [0.1, 0.15) is 17.2 Å². The smallest absolute Gasteiger partial charge is 0.135 e. The van der Waals surface area contributed by atoms with Gasteiger partial charge in [-0.05, 0) is 12.1 Å². The number of rotatable bonds is 3. The van der Waals surface area contributed by atoms with Crippen molar-refractivity contribution in [3.8, 4) is 17.2 Å². The van der Waals surface area contributed by atoms with Gasteiger partial charge in [-0.1, -0.05) is 35.9 Å². The van der Waals surface area contributed by atoms with Crippen LogP contribution in [-0.4, -0.2) is 7.11 Å². The summed E-state index contributed by atoms with van der Waals surface area (Å²) in [6, 6.07) is 16.8. The molecule has 0 amide bonds. The number of methoxy groups -OCH3 is 1. The normalized spacial score (nSPS) is 10.6. The molecule has 3 aromatic rings. The molecule has 3 nitrogen and oxygen atoms in total. The van der Waals surface area contributed by atoms with E-state index in [1.807, 2.05) is 36.4 Å². The molecule has 106 valence electrons. The first-order valence-corrected chi connectivity index (χ1v) is 6.85. The van der Waals surface area contributed by atoms with E-state index in [0.717, 1.165) is 16.5 Å². The molecule has 0 aliphatic heterocycles. The molecule has 4 heteroatoms. The summed E-state index contributed by atoms with van der Waals surface area (Å²) in [5, 5.41) is 2.60. The van der Waals surface area contributed by atoms with Crippen molar-refractivity contribution in [2.75, 3.05) is 12.8 Å². The highest BCUT2D eigenvalue weighted by molar-refractivity contribution is 6.35. The van der Waals surface area contributed by atoms with Crippen molar-refractivity contribution in [3.63, 3.8) is 0 Å². The molecule has 0 aliphatic carbocycles. The van der Waals surface area contributed by atoms with Gasteiger partial charge in [-0.15, -0.1) is 0 Å². The minimum absolute atomic E-state index is 0.586. The lowest BCUT2D eigenvalue weighted by atomic mass is 10.1. The molecule has 2 N–H and O–H groups in total. The number of hydrogen-bond acceptors (Lipinski definition) is 3. The minimum Gasteiger partial charge on any atom is -0.497 e. The van der Waals surface area contributed by atoms with Crippen LogP contribution < -0.4 is 15.2 Å². The van der Waals surface area contributed by atoms with Gasteiger partial charge in [-0.2, -0.15) is 0 Å². The Morgan fingerprint density at radius 2 is 1.62 bits per heavy atom. The van der Waals surface area contributed by atoms with Gasteiger partial charge in [0.25, 0.3) is 0 Å².